The minimum absolute atomic E-state index is 0.00494. The summed E-state index contributed by atoms with van der Waals surface area (Å²) >= 11 is 2.81. The highest BCUT2D eigenvalue weighted by molar-refractivity contribution is 8.00. The molecule has 3 heterocycles. The molecule has 3 atom stereocenters. The van der Waals surface area contributed by atoms with E-state index in [9.17, 15) is 19.5 Å². The van der Waals surface area contributed by atoms with Crippen molar-refractivity contribution in [2.45, 2.75) is 29.7 Å². The largest absolute Gasteiger partial charge is 0.448 e. The Labute approximate surface area is 216 Å². The summed E-state index contributed by atoms with van der Waals surface area (Å²) in [5.74, 6) is -1.70. The molecule has 0 radical (unpaired) electrons. The van der Waals surface area contributed by atoms with E-state index in [-0.39, 0.29) is 23.1 Å². The monoisotopic (exact) mass is 520 g/mol. The van der Waals surface area contributed by atoms with Gasteiger partial charge in [-0.05, 0) is 22.6 Å². The third-order valence-electron chi connectivity index (χ3n) is 6.16. The number of esters is 1. The minimum Gasteiger partial charge on any atom is -0.448 e. The van der Waals surface area contributed by atoms with Crippen LogP contribution in [-0.4, -0.2) is 45.1 Å². The first-order valence-electron chi connectivity index (χ1n) is 11.4. The Morgan fingerprint density at radius 1 is 1.03 bits per heavy atom. The predicted octanol–water partition coefficient (Wildman–Crippen LogP) is 3.79. The number of ether oxygens (including phenoxy) is 1. The third-order valence-corrected chi connectivity index (χ3v) is 8.55. The number of thiophene rings is 1. The fourth-order valence-electron chi connectivity index (χ4n) is 4.51. The first-order valence-corrected chi connectivity index (χ1v) is 13.3. The van der Waals surface area contributed by atoms with Gasteiger partial charge in [0.25, 0.3) is 0 Å². The van der Waals surface area contributed by atoms with Crippen LogP contribution in [0.3, 0.4) is 0 Å². The highest BCUT2D eigenvalue weighted by atomic mass is 32.2. The SMILES string of the molecule is CC(=O)NC1S[C@@H]2C(c3cccs3)C(=O)N2C(C(=O)OC(c2ccccc2)c2ccccc2)=C1CO. The Hall–Kier alpha value is -3.40. The van der Waals surface area contributed by atoms with Crippen molar-refractivity contribution in [3.63, 3.8) is 0 Å². The fraction of sp³-hybridized carbons (Fsp3) is 0.222. The van der Waals surface area contributed by atoms with Crippen LogP contribution < -0.4 is 5.32 Å². The van der Waals surface area contributed by atoms with Gasteiger partial charge in [0.15, 0.2) is 6.10 Å². The summed E-state index contributed by atoms with van der Waals surface area (Å²) in [5.41, 5.74) is 1.79. The number of hydrogen-bond donors (Lipinski definition) is 2. The maximum absolute atomic E-state index is 13.8. The van der Waals surface area contributed by atoms with E-state index in [4.69, 9.17) is 4.74 Å². The second-order valence-electron chi connectivity index (χ2n) is 8.45. The lowest BCUT2D eigenvalue weighted by Gasteiger charge is -2.51. The Bertz CT molecular complexity index is 1250. The van der Waals surface area contributed by atoms with Gasteiger partial charge >= 0.3 is 5.97 Å². The number of nitrogens with zero attached hydrogens (tertiary/aromatic N) is 1. The highest BCUT2D eigenvalue weighted by Crippen LogP contribution is 2.51. The van der Waals surface area contributed by atoms with Crippen LogP contribution in [0.1, 0.15) is 34.9 Å². The molecule has 2 unspecified atom stereocenters. The van der Waals surface area contributed by atoms with Gasteiger partial charge in [-0.3, -0.25) is 14.5 Å². The number of thioether (sulfide) groups is 1. The maximum Gasteiger partial charge on any atom is 0.356 e. The number of benzene rings is 2. The van der Waals surface area contributed by atoms with Crippen molar-refractivity contribution in [3.05, 3.63) is 105 Å². The zero-order valence-electron chi connectivity index (χ0n) is 19.4. The topological polar surface area (TPSA) is 95.9 Å². The number of fused-ring (bicyclic) bond motifs is 1. The molecule has 0 saturated carbocycles. The van der Waals surface area contributed by atoms with Gasteiger partial charge in [-0.15, -0.1) is 23.1 Å². The summed E-state index contributed by atoms with van der Waals surface area (Å²) in [6.45, 7) is 0.868. The van der Waals surface area contributed by atoms with E-state index in [1.165, 1.54) is 34.9 Å². The van der Waals surface area contributed by atoms with Crippen molar-refractivity contribution >= 4 is 40.9 Å². The summed E-state index contributed by atoms with van der Waals surface area (Å²) < 4.78 is 6.05. The average Bonchev–Trinajstić information content (AvgIpc) is 3.41. The molecule has 36 heavy (non-hydrogen) atoms. The maximum atomic E-state index is 13.8. The van der Waals surface area contributed by atoms with Gasteiger partial charge in [0.05, 0.1) is 6.61 Å². The first kappa shape index (κ1) is 24.3. The van der Waals surface area contributed by atoms with Crippen molar-refractivity contribution in [2.24, 2.45) is 0 Å². The number of carbonyl (C=O) groups is 3. The standard InChI is InChI=1S/C27H24N2O5S2/c1-16(31)28-24-19(15-30)22(29-25(32)21(26(29)36-24)20-13-8-14-35-20)27(33)34-23(17-9-4-2-5-10-17)18-11-6-3-7-12-18/h2-14,21,23-24,26,30H,15H2,1H3,(H,28,31)/t21?,24?,26-/m1/s1. The average molecular weight is 521 g/mol. The van der Waals surface area contributed by atoms with Crippen molar-refractivity contribution in [2.75, 3.05) is 6.61 Å². The summed E-state index contributed by atoms with van der Waals surface area (Å²) in [4.78, 5) is 41.4. The molecule has 0 bridgehead atoms. The number of aliphatic hydroxyl groups is 1. The van der Waals surface area contributed by atoms with Crippen molar-refractivity contribution in [1.29, 1.82) is 0 Å². The zero-order chi connectivity index (χ0) is 25.2. The van der Waals surface area contributed by atoms with Crippen LogP contribution in [0.4, 0.5) is 0 Å². The van der Waals surface area contributed by atoms with E-state index in [0.717, 1.165) is 16.0 Å². The lowest BCUT2D eigenvalue weighted by Crippen LogP contribution is -2.62. The highest BCUT2D eigenvalue weighted by Gasteiger charge is 2.57. The van der Waals surface area contributed by atoms with Gasteiger partial charge in [0.2, 0.25) is 11.8 Å². The van der Waals surface area contributed by atoms with Crippen LogP contribution in [0.25, 0.3) is 0 Å². The molecule has 1 aromatic heterocycles. The number of amides is 2. The number of carbonyl (C=O) groups excluding carboxylic acids is 3. The van der Waals surface area contributed by atoms with E-state index in [0.29, 0.717) is 0 Å². The molecule has 0 aliphatic carbocycles. The molecule has 2 amide bonds. The molecule has 1 saturated heterocycles. The summed E-state index contributed by atoms with van der Waals surface area (Å²) in [7, 11) is 0. The number of hydrogen-bond acceptors (Lipinski definition) is 7. The molecule has 9 heteroatoms. The third kappa shape index (κ3) is 4.45. The Balaban J connectivity index is 1.54. The van der Waals surface area contributed by atoms with Crippen molar-refractivity contribution < 1.29 is 24.2 Å². The Morgan fingerprint density at radius 3 is 2.19 bits per heavy atom. The summed E-state index contributed by atoms with van der Waals surface area (Å²) in [6, 6.07) is 22.5. The lowest BCUT2D eigenvalue weighted by molar-refractivity contribution is -0.153. The van der Waals surface area contributed by atoms with Gasteiger partial charge in [0, 0.05) is 17.4 Å². The molecule has 3 aromatic rings. The van der Waals surface area contributed by atoms with Crippen molar-refractivity contribution in [3.8, 4) is 0 Å². The first-order chi connectivity index (χ1) is 17.5. The Kier molecular flexibility index (Phi) is 6.95. The molecule has 7 nitrogen and oxygen atoms in total. The van der Waals surface area contributed by atoms with E-state index < -0.39 is 35.3 Å². The van der Waals surface area contributed by atoms with Gasteiger partial charge in [0.1, 0.15) is 22.4 Å². The molecular formula is C27H24N2O5S2. The molecular weight excluding hydrogens is 496 g/mol. The molecule has 2 aliphatic rings. The smallest absolute Gasteiger partial charge is 0.356 e. The molecule has 184 valence electrons. The lowest BCUT2D eigenvalue weighted by atomic mass is 9.93. The van der Waals surface area contributed by atoms with Crippen LogP contribution in [0.2, 0.25) is 0 Å². The molecule has 2 aliphatic heterocycles. The minimum atomic E-state index is -0.726. The fourth-order valence-corrected chi connectivity index (χ4v) is 7.06. The number of aliphatic hydroxyl groups excluding tert-OH is 1. The second-order valence-corrected chi connectivity index (χ2v) is 10.7. The van der Waals surface area contributed by atoms with E-state index in [1.54, 1.807) is 0 Å². The van der Waals surface area contributed by atoms with Gasteiger partial charge < -0.3 is 15.2 Å². The van der Waals surface area contributed by atoms with E-state index >= 15 is 0 Å². The van der Waals surface area contributed by atoms with Crippen molar-refractivity contribution in [1.82, 2.24) is 10.2 Å². The summed E-state index contributed by atoms with van der Waals surface area (Å²) in [5, 5.41) is 13.9. The summed E-state index contributed by atoms with van der Waals surface area (Å²) in [6.07, 6.45) is -0.718. The van der Waals surface area contributed by atoms with Crippen LogP contribution in [0, 0.1) is 0 Å². The molecule has 5 rings (SSSR count). The quantitative estimate of drug-likeness (QED) is 0.364. The Morgan fingerprint density at radius 2 is 1.67 bits per heavy atom. The molecule has 1 fully saturated rings. The molecule has 0 spiro atoms. The number of β-lactam (4-membered cyclic amide) rings is 1. The van der Waals surface area contributed by atoms with Crippen LogP contribution >= 0.6 is 23.1 Å². The number of nitrogens with one attached hydrogen (secondary N) is 1. The van der Waals surface area contributed by atoms with Crippen LogP contribution in [0.15, 0.2) is 89.4 Å². The zero-order valence-corrected chi connectivity index (χ0v) is 21.0. The molecule has 2 aromatic carbocycles. The molecule has 2 N–H and O–H groups in total. The van der Waals surface area contributed by atoms with Gasteiger partial charge in [-0.1, -0.05) is 66.7 Å². The van der Waals surface area contributed by atoms with Gasteiger partial charge in [-0.2, -0.15) is 0 Å². The van der Waals surface area contributed by atoms with E-state index in [1.807, 2.05) is 78.2 Å². The number of rotatable bonds is 7. The second kappa shape index (κ2) is 10.3. The predicted molar refractivity (Wildman–Crippen MR) is 138 cm³/mol. The van der Waals surface area contributed by atoms with Crippen LogP contribution in [0.5, 0.6) is 0 Å². The van der Waals surface area contributed by atoms with E-state index in [2.05, 4.69) is 5.32 Å². The normalized spacial score (nSPS) is 21.1. The van der Waals surface area contributed by atoms with Crippen LogP contribution in [-0.2, 0) is 19.1 Å². The van der Waals surface area contributed by atoms with Gasteiger partial charge in [-0.25, -0.2) is 4.79 Å².